The molecule has 0 unspecified atom stereocenters. The second-order valence-corrected chi connectivity index (χ2v) is 15.8. The molecule has 8 aromatic rings. The minimum absolute atomic E-state index is 0.682. The fourth-order valence-electron chi connectivity index (χ4n) is 6.47. The summed E-state index contributed by atoms with van der Waals surface area (Å²) in [7, 11) is -2.38. The molecule has 48 heavy (non-hydrogen) atoms. The van der Waals surface area contributed by atoms with E-state index >= 15 is 0 Å². The molecule has 0 radical (unpaired) electrons. The van der Waals surface area contributed by atoms with E-state index in [9.17, 15) is 4.57 Å². The van der Waals surface area contributed by atoms with Crippen LogP contribution in [0.25, 0.3) is 77.7 Å². The van der Waals surface area contributed by atoms with E-state index < -0.39 is 7.14 Å². The lowest BCUT2D eigenvalue weighted by Crippen LogP contribution is -2.01. The molecule has 0 amide bonds. The third-order valence-electron chi connectivity index (χ3n) is 8.96. The Morgan fingerprint density at radius 1 is 0.417 bits per heavy atom. The zero-order valence-corrected chi connectivity index (χ0v) is 27.7. The van der Waals surface area contributed by atoms with Crippen molar-refractivity contribution in [3.63, 3.8) is 0 Å². The second-order valence-electron chi connectivity index (χ2n) is 12.6. The molecular weight excluding hydrogens is 603 g/mol. The number of hydrogen-bond donors (Lipinski definition) is 0. The summed E-state index contributed by atoms with van der Waals surface area (Å²) in [5.41, 5.74) is 9.10. The summed E-state index contributed by atoms with van der Waals surface area (Å²) in [5, 5.41) is 5.74. The molecule has 0 fully saturated rings. The summed E-state index contributed by atoms with van der Waals surface area (Å²) >= 11 is 0. The molecule has 0 saturated heterocycles. The monoisotopic (exact) mass is 636 g/mol. The first kappa shape index (κ1) is 29.8. The first-order valence-electron chi connectivity index (χ1n) is 16.1. The highest BCUT2D eigenvalue weighted by atomic mass is 31.2. The van der Waals surface area contributed by atoms with Crippen molar-refractivity contribution in [2.24, 2.45) is 0 Å². The third-order valence-corrected chi connectivity index (χ3v) is 10.5. The Labute approximate surface area is 281 Å². The van der Waals surface area contributed by atoms with Crippen molar-refractivity contribution in [1.29, 1.82) is 0 Å². The van der Waals surface area contributed by atoms with E-state index in [0.717, 1.165) is 55.6 Å². The van der Waals surface area contributed by atoms with E-state index in [1.54, 1.807) is 0 Å². The quantitative estimate of drug-likeness (QED) is 0.135. The van der Waals surface area contributed by atoms with Gasteiger partial charge in [-0.2, -0.15) is 0 Å². The molecule has 1 aromatic heterocycles. The van der Waals surface area contributed by atoms with Crippen LogP contribution in [0.4, 0.5) is 0 Å². The van der Waals surface area contributed by atoms with Crippen LogP contribution in [0.3, 0.4) is 0 Å². The zero-order valence-electron chi connectivity index (χ0n) is 26.8. The smallest absolute Gasteiger partial charge is 0.160 e. The second kappa shape index (κ2) is 12.2. The average molecular weight is 637 g/mol. The van der Waals surface area contributed by atoms with Gasteiger partial charge in [0.05, 0.1) is 11.4 Å². The molecule has 0 atom stereocenters. The molecule has 3 nitrogen and oxygen atoms in total. The number of benzene rings is 7. The Morgan fingerprint density at radius 2 is 0.958 bits per heavy atom. The molecular formula is C44H33N2OP. The number of aromatic nitrogens is 2. The first-order valence-corrected chi connectivity index (χ1v) is 18.7. The van der Waals surface area contributed by atoms with Gasteiger partial charge in [-0.3, -0.25) is 0 Å². The Balaban J connectivity index is 1.40. The van der Waals surface area contributed by atoms with Crippen molar-refractivity contribution >= 4 is 34.0 Å². The van der Waals surface area contributed by atoms with Crippen LogP contribution in [0.15, 0.2) is 164 Å². The highest BCUT2D eigenvalue weighted by Crippen LogP contribution is 2.40. The molecule has 8 rings (SSSR count). The number of fused-ring (bicyclic) bond motifs is 3. The van der Waals surface area contributed by atoms with E-state index in [0.29, 0.717) is 5.82 Å². The van der Waals surface area contributed by atoms with Gasteiger partial charge in [-0.15, -0.1) is 0 Å². The minimum atomic E-state index is -2.38. The van der Waals surface area contributed by atoms with E-state index in [4.69, 9.17) is 9.97 Å². The lowest BCUT2D eigenvalue weighted by atomic mass is 9.90. The van der Waals surface area contributed by atoms with Crippen LogP contribution in [0.2, 0.25) is 0 Å². The summed E-state index contributed by atoms with van der Waals surface area (Å²) in [6.45, 7) is 3.63. The SMILES string of the molecule is CP(C)(=O)c1ccc(-c2cc(-c3cc(-c4ccccc4)nc(-c4ccccc4)n3)cc(-c3cc4ccccc4c4ccccc34)c2)cc1. The fraction of sp³-hybridized carbons (Fsp3) is 0.0455. The van der Waals surface area contributed by atoms with Crippen LogP contribution < -0.4 is 5.30 Å². The van der Waals surface area contributed by atoms with Gasteiger partial charge >= 0.3 is 0 Å². The van der Waals surface area contributed by atoms with Gasteiger partial charge in [0.1, 0.15) is 7.14 Å². The van der Waals surface area contributed by atoms with Gasteiger partial charge in [-0.25, -0.2) is 9.97 Å². The minimum Gasteiger partial charge on any atom is -0.319 e. The molecule has 0 spiro atoms. The number of rotatable bonds is 6. The Bertz CT molecular complexity index is 2430. The maximum Gasteiger partial charge on any atom is 0.160 e. The Kier molecular flexibility index (Phi) is 7.56. The van der Waals surface area contributed by atoms with Gasteiger partial charge in [0.2, 0.25) is 0 Å². The van der Waals surface area contributed by atoms with E-state index in [1.807, 2.05) is 61.9 Å². The molecule has 0 aliphatic carbocycles. The largest absolute Gasteiger partial charge is 0.319 e. The third kappa shape index (κ3) is 5.74. The van der Waals surface area contributed by atoms with Crippen LogP contribution in [0.1, 0.15) is 0 Å². The van der Waals surface area contributed by atoms with Crippen LogP contribution in [-0.4, -0.2) is 23.3 Å². The molecule has 0 aliphatic heterocycles. The molecule has 0 bridgehead atoms. The molecule has 1 heterocycles. The van der Waals surface area contributed by atoms with Gasteiger partial charge < -0.3 is 4.57 Å². The standard InChI is InChI=1S/C44H33N2OP/c1-48(2,47)37-23-21-30(22-24-37)34-25-35(41-28-33-17-9-10-18-38(33)39-19-11-12-20-40(39)41)27-36(26-34)43-29-42(31-13-5-3-6-14-31)45-44(46-43)32-15-7-4-8-16-32/h3-29H,1-2H3. The van der Waals surface area contributed by atoms with Crippen molar-refractivity contribution in [2.45, 2.75) is 0 Å². The van der Waals surface area contributed by atoms with E-state index in [-0.39, 0.29) is 0 Å². The maximum atomic E-state index is 12.9. The van der Waals surface area contributed by atoms with Crippen LogP contribution >= 0.6 is 7.14 Å². The van der Waals surface area contributed by atoms with Crippen molar-refractivity contribution in [2.75, 3.05) is 13.3 Å². The lowest BCUT2D eigenvalue weighted by Gasteiger charge is -2.16. The molecule has 7 aromatic carbocycles. The number of hydrogen-bond acceptors (Lipinski definition) is 3. The van der Waals surface area contributed by atoms with Crippen molar-refractivity contribution < 1.29 is 4.57 Å². The molecule has 0 N–H and O–H groups in total. The van der Waals surface area contributed by atoms with Crippen molar-refractivity contribution in [1.82, 2.24) is 9.97 Å². The van der Waals surface area contributed by atoms with Gasteiger partial charge in [0, 0.05) is 22.0 Å². The Hall–Kier alpha value is -5.63. The van der Waals surface area contributed by atoms with Crippen molar-refractivity contribution in [3.05, 3.63) is 164 Å². The van der Waals surface area contributed by atoms with Gasteiger partial charge in [-0.05, 0) is 87.5 Å². The Morgan fingerprint density at radius 3 is 1.65 bits per heavy atom. The predicted molar refractivity (Wildman–Crippen MR) is 203 cm³/mol. The van der Waals surface area contributed by atoms with Gasteiger partial charge in [0.15, 0.2) is 5.82 Å². The zero-order chi connectivity index (χ0) is 32.7. The van der Waals surface area contributed by atoms with E-state index in [1.165, 1.54) is 21.5 Å². The summed E-state index contributed by atoms with van der Waals surface area (Å²) in [6.07, 6.45) is 0. The topological polar surface area (TPSA) is 42.9 Å². The maximum absolute atomic E-state index is 12.9. The lowest BCUT2D eigenvalue weighted by molar-refractivity contribution is 0.588. The molecule has 4 heteroatoms. The first-order chi connectivity index (χ1) is 23.4. The van der Waals surface area contributed by atoms with Gasteiger partial charge in [0.25, 0.3) is 0 Å². The highest BCUT2D eigenvalue weighted by molar-refractivity contribution is 7.70. The summed E-state index contributed by atoms with van der Waals surface area (Å²) in [6, 6.07) is 57.0. The molecule has 0 aliphatic rings. The predicted octanol–water partition coefficient (Wildman–Crippen LogP) is 11.4. The molecule has 0 saturated carbocycles. The van der Waals surface area contributed by atoms with Crippen LogP contribution in [-0.2, 0) is 4.57 Å². The van der Waals surface area contributed by atoms with Crippen molar-refractivity contribution in [3.8, 4) is 56.2 Å². The highest BCUT2D eigenvalue weighted by Gasteiger charge is 2.16. The average Bonchev–Trinajstić information content (AvgIpc) is 3.14. The summed E-state index contributed by atoms with van der Waals surface area (Å²) in [5.74, 6) is 0.682. The summed E-state index contributed by atoms with van der Waals surface area (Å²) < 4.78 is 12.9. The van der Waals surface area contributed by atoms with E-state index in [2.05, 4.69) is 115 Å². The normalized spacial score (nSPS) is 11.6. The fourth-order valence-corrected chi connectivity index (χ4v) is 7.34. The summed E-state index contributed by atoms with van der Waals surface area (Å²) in [4.78, 5) is 10.2. The van der Waals surface area contributed by atoms with Crippen LogP contribution in [0, 0.1) is 0 Å². The molecule has 230 valence electrons. The van der Waals surface area contributed by atoms with Gasteiger partial charge in [-0.1, -0.05) is 133 Å². The van der Waals surface area contributed by atoms with Crippen LogP contribution in [0.5, 0.6) is 0 Å². The number of nitrogens with zero attached hydrogens (tertiary/aromatic N) is 2.